The van der Waals surface area contributed by atoms with Crippen LogP contribution in [0.2, 0.25) is 0 Å². The average molecular weight is 520 g/mol. The van der Waals surface area contributed by atoms with E-state index in [4.69, 9.17) is 0 Å². The number of alkyl halides is 5. The topological polar surface area (TPSA) is 130 Å². The van der Waals surface area contributed by atoms with Crippen molar-refractivity contribution in [2.24, 2.45) is 7.05 Å². The summed E-state index contributed by atoms with van der Waals surface area (Å²) in [6.45, 7) is 0. The van der Waals surface area contributed by atoms with E-state index in [9.17, 15) is 41.4 Å². The van der Waals surface area contributed by atoms with Gasteiger partial charge in [0.1, 0.15) is 17.1 Å². The normalized spacial score (nSPS) is 21.3. The maximum Gasteiger partial charge on any atom is 0.464 e. The molecule has 0 spiro atoms. The van der Waals surface area contributed by atoms with Gasteiger partial charge in [-0.15, -0.1) is 16.9 Å². The van der Waals surface area contributed by atoms with Gasteiger partial charge in [0.15, 0.2) is 0 Å². The summed E-state index contributed by atoms with van der Waals surface area (Å²) in [4.78, 5) is 37.0. The maximum atomic E-state index is 12.9. The Labute approximate surface area is 188 Å². The number of halogens is 5. The number of nitrogens with zero attached hydrogens (tertiary/aromatic N) is 5. The summed E-state index contributed by atoms with van der Waals surface area (Å²) in [5, 5.41) is 17.0. The largest absolute Gasteiger partial charge is 0.477 e. The van der Waals surface area contributed by atoms with E-state index in [1.54, 1.807) is 7.05 Å². The van der Waals surface area contributed by atoms with E-state index in [0.29, 0.717) is 10.7 Å². The fourth-order valence-corrected chi connectivity index (χ4v) is 5.64. The summed E-state index contributed by atoms with van der Waals surface area (Å²) < 4.78 is 63.9. The average Bonchev–Trinajstić information content (AvgIpc) is 3.11. The van der Waals surface area contributed by atoms with Crippen molar-refractivity contribution in [1.29, 1.82) is 0 Å². The Morgan fingerprint density at radius 3 is 2.56 bits per heavy atom. The highest BCUT2D eigenvalue weighted by Gasteiger charge is 2.59. The van der Waals surface area contributed by atoms with Gasteiger partial charge in [-0.05, 0) is 16.0 Å². The van der Waals surface area contributed by atoms with Gasteiger partial charge in [-0.2, -0.15) is 22.0 Å². The summed E-state index contributed by atoms with van der Waals surface area (Å²) in [7, 11) is 1.59. The second-order valence-electron chi connectivity index (χ2n) is 6.39. The molecule has 18 heteroatoms. The van der Waals surface area contributed by atoms with E-state index in [-0.39, 0.29) is 17.2 Å². The van der Waals surface area contributed by atoms with Crippen LogP contribution in [0.1, 0.15) is 0 Å². The second-order valence-corrected chi connectivity index (χ2v) is 9.53. The molecule has 32 heavy (non-hydrogen) atoms. The number of hydrogen-bond acceptors (Lipinski definition) is 9. The van der Waals surface area contributed by atoms with Crippen molar-refractivity contribution in [3.05, 3.63) is 11.3 Å². The second kappa shape index (κ2) is 9.05. The van der Waals surface area contributed by atoms with Crippen molar-refractivity contribution in [3.63, 3.8) is 0 Å². The number of carbonyl (C=O) groups excluding carboxylic acids is 2. The van der Waals surface area contributed by atoms with Crippen LogP contribution in [0.15, 0.2) is 16.4 Å². The van der Waals surface area contributed by atoms with E-state index in [0.717, 1.165) is 28.4 Å². The van der Waals surface area contributed by atoms with E-state index >= 15 is 0 Å². The molecule has 176 valence electrons. The Morgan fingerprint density at radius 1 is 1.31 bits per heavy atom. The van der Waals surface area contributed by atoms with Crippen LogP contribution < -0.4 is 5.32 Å². The molecule has 0 saturated carbocycles. The van der Waals surface area contributed by atoms with E-state index in [2.05, 4.69) is 20.8 Å². The zero-order valence-corrected chi connectivity index (χ0v) is 18.2. The standard InChI is InChI=1S/C14H13F5N6O4S3/c1-24-12(21-22-23-24)31-3-5-2-30-10-7(9(27)25(10)8(5)11(28)29)20-6(26)4-32-14(18,19)13(15,16)17/h7,10H,2-4H2,1H3,(H,20,26)(H,28,29)/t7?,10-/m1/s1. The van der Waals surface area contributed by atoms with Gasteiger partial charge in [-0.25, -0.2) is 9.48 Å². The molecule has 2 aliphatic heterocycles. The minimum absolute atomic E-state index is 0.166. The molecule has 10 nitrogen and oxygen atoms in total. The number of thioether (sulfide) groups is 3. The number of aryl methyl sites for hydroxylation is 1. The lowest BCUT2D eigenvalue weighted by molar-refractivity contribution is -0.237. The first-order valence-electron chi connectivity index (χ1n) is 8.46. The Balaban J connectivity index is 1.64. The number of carbonyl (C=O) groups is 3. The number of hydrogen-bond donors (Lipinski definition) is 2. The van der Waals surface area contributed by atoms with Crippen molar-refractivity contribution in [1.82, 2.24) is 30.4 Å². The molecule has 1 aromatic rings. The minimum Gasteiger partial charge on any atom is -0.477 e. The van der Waals surface area contributed by atoms with Crippen molar-refractivity contribution >= 4 is 53.1 Å². The first-order chi connectivity index (χ1) is 14.8. The fraction of sp³-hybridized carbons (Fsp3) is 0.571. The summed E-state index contributed by atoms with van der Waals surface area (Å²) in [6, 6.07) is -1.24. The first kappa shape index (κ1) is 24.6. The Morgan fingerprint density at radius 2 is 2.00 bits per heavy atom. The van der Waals surface area contributed by atoms with Gasteiger partial charge in [0.25, 0.3) is 5.91 Å². The highest BCUT2D eigenvalue weighted by atomic mass is 32.2. The van der Waals surface area contributed by atoms with Crippen LogP contribution >= 0.6 is 35.3 Å². The van der Waals surface area contributed by atoms with Gasteiger partial charge < -0.3 is 10.4 Å². The molecule has 3 heterocycles. The van der Waals surface area contributed by atoms with Crippen molar-refractivity contribution in [2.75, 3.05) is 17.3 Å². The third kappa shape index (κ3) is 4.80. The molecule has 3 rings (SSSR count). The number of aromatic nitrogens is 4. The third-order valence-electron chi connectivity index (χ3n) is 4.24. The van der Waals surface area contributed by atoms with Crippen LogP contribution in [0.5, 0.6) is 0 Å². The molecule has 1 aromatic heterocycles. The van der Waals surface area contributed by atoms with Gasteiger partial charge in [-0.1, -0.05) is 23.5 Å². The summed E-state index contributed by atoms with van der Waals surface area (Å²) in [6.07, 6.45) is -5.82. The molecule has 1 unspecified atom stereocenters. The SMILES string of the molecule is Cn1nnnc1SCC1=C(C(=O)O)N2C(=O)C(NC(=O)CSC(F)(F)C(F)(F)F)[C@H]2SC1. The van der Waals surface area contributed by atoms with Crippen molar-refractivity contribution in [3.8, 4) is 0 Å². The molecular weight excluding hydrogens is 507 g/mol. The molecule has 0 radical (unpaired) electrons. The number of carboxylic acids is 1. The Bertz CT molecular complexity index is 971. The molecule has 2 atom stereocenters. The van der Waals surface area contributed by atoms with Crippen LogP contribution in [0.25, 0.3) is 0 Å². The summed E-state index contributed by atoms with van der Waals surface area (Å²) in [5.74, 6) is -4.26. The zero-order valence-electron chi connectivity index (χ0n) is 15.8. The van der Waals surface area contributed by atoms with E-state index in [1.807, 2.05) is 0 Å². The number of fused-ring (bicyclic) bond motifs is 1. The minimum atomic E-state index is -5.82. The number of β-lactam (4-membered cyclic amide) rings is 1. The predicted octanol–water partition coefficient (Wildman–Crippen LogP) is 0.929. The van der Waals surface area contributed by atoms with Crippen LogP contribution in [0.4, 0.5) is 22.0 Å². The van der Waals surface area contributed by atoms with Crippen molar-refractivity contribution < 1.29 is 41.4 Å². The monoisotopic (exact) mass is 520 g/mol. The van der Waals surface area contributed by atoms with E-state index in [1.165, 1.54) is 4.68 Å². The van der Waals surface area contributed by atoms with Crippen LogP contribution in [-0.4, -0.2) is 88.1 Å². The van der Waals surface area contributed by atoms with Gasteiger partial charge in [0.2, 0.25) is 11.1 Å². The lowest BCUT2D eigenvalue weighted by Gasteiger charge is -2.49. The van der Waals surface area contributed by atoms with Crippen LogP contribution in [0, 0.1) is 0 Å². The van der Waals surface area contributed by atoms with Gasteiger partial charge in [0, 0.05) is 18.6 Å². The fourth-order valence-electron chi connectivity index (χ4n) is 2.74. The highest BCUT2D eigenvalue weighted by molar-refractivity contribution is 8.01. The third-order valence-corrected chi connectivity index (χ3v) is 7.67. The molecule has 1 saturated heterocycles. The highest BCUT2D eigenvalue weighted by Crippen LogP contribution is 2.44. The van der Waals surface area contributed by atoms with E-state index < -0.39 is 58.1 Å². The smallest absolute Gasteiger partial charge is 0.464 e. The van der Waals surface area contributed by atoms with Crippen LogP contribution in [0.3, 0.4) is 0 Å². The Hall–Kier alpha value is -2.08. The molecule has 2 amide bonds. The zero-order chi connectivity index (χ0) is 23.8. The quantitative estimate of drug-likeness (QED) is 0.290. The number of nitrogens with one attached hydrogen (secondary N) is 1. The van der Waals surface area contributed by atoms with Gasteiger partial charge in [0.05, 0.1) is 5.75 Å². The van der Waals surface area contributed by atoms with Crippen molar-refractivity contribution in [2.45, 2.75) is 28.0 Å². The number of carboxylic acid groups (broad SMARTS) is 1. The lowest BCUT2D eigenvalue weighted by Crippen LogP contribution is -2.70. The number of amides is 2. The van der Waals surface area contributed by atoms with Gasteiger partial charge >= 0.3 is 17.4 Å². The number of aliphatic carboxylic acids is 1. The summed E-state index contributed by atoms with van der Waals surface area (Å²) in [5.41, 5.74) is 0.134. The molecular formula is C14H13F5N6O4S3. The summed E-state index contributed by atoms with van der Waals surface area (Å²) >= 11 is 1.37. The van der Waals surface area contributed by atoms with Crippen LogP contribution in [-0.2, 0) is 21.4 Å². The Kier molecular flexibility index (Phi) is 6.94. The molecule has 2 N–H and O–H groups in total. The number of rotatable bonds is 8. The predicted molar refractivity (Wildman–Crippen MR) is 103 cm³/mol. The molecule has 2 aliphatic rings. The number of tetrazole rings is 1. The molecule has 0 bridgehead atoms. The lowest BCUT2D eigenvalue weighted by atomic mass is 10.0. The molecule has 0 aromatic carbocycles. The molecule has 0 aliphatic carbocycles. The first-order valence-corrected chi connectivity index (χ1v) is 11.5. The molecule has 1 fully saturated rings. The maximum absolute atomic E-state index is 12.9. The van der Waals surface area contributed by atoms with Gasteiger partial charge in [-0.3, -0.25) is 14.5 Å².